The Morgan fingerprint density at radius 1 is 0.534 bits per heavy atom. The van der Waals surface area contributed by atoms with Gasteiger partial charge in [-0.25, -0.2) is 0 Å². The molecule has 328 valence electrons. The van der Waals surface area contributed by atoms with Crippen LogP contribution in [0.5, 0.6) is 0 Å². The Balaban J connectivity index is 4.74. The van der Waals surface area contributed by atoms with Crippen LogP contribution < -0.4 is 5.32 Å². The van der Waals surface area contributed by atoms with Crippen LogP contribution in [0.3, 0.4) is 0 Å². The van der Waals surface area contributed by atoms with Gasteiger partial charge >= 0.3 is 5.97 Å². The SMILES string of the molecule is CC/C=C/C=C/C=C\C=C/C=C/CC(CC(=O)NC(CO)C(O)CCCCCCCCCCCCCCCCC)OC(=O)CCCCC\C=C/C=C\C=C\C=C\CC. The van der Waals surface area contributed by atoms with Crippen LogP contribution in [0.2, 0.25) is 0 Å². The highest BCUT2D eigenvalue weighted by atomic mass is 16.5. The Hall–Kier alpha value is -3.48. The highest BCUT2D eigenvalue weighted by Gasteiger charge is 2.23. The average Bonchev–Trinajstić information content (AvgIpc) is 3.22. The van der Waals surface area contributed by atoms with E-state index in [1.807, 2.05) is 91.1 Å². The fourth-order valence-corrected chi connectivity index (χ4v) is 6.34. The van der Waals surface area contributed by atoms with Gasteiger partial charge in [0.2, 0.25) is 5.91 Å². The molecule has 0 fully saturated rings. The average molecular weight is 804 g/mol. The minimum Gasteiger partial charge on any atom is -0.461 e. The Morgan fingerprint density at radius 2 is 0.966 bits per heavy atom. The lowest BCUT2D eigenvalue weighted by Crippen LogP contribution is -2.46. The largest absolute Gasteiger partial charge is 0.461 e. The van der Waals surface area contributed by atoms with E-state index in [1.165, 1.54) is 77.0 Å². The third-order valence-electron chi connectivity index (χ3n) is 9.82. The normalized spacial score (nSPS) is 14.4. The molecule has 3 N–H and O–H groups in total. The van der Waals surface area contributed by atoms with Crippen LogP contribution >= 0.6 is 0 Å². The van der Waals surface area contributed by atoms with Gasteiger partial charge in [-0.2, -0.15) is 0 Å². The van der Waals surface area contributed by atoms with Gasteiger partial charge in [-0.3, -0.25) is 9.59 Å². The summed E-state index contributed by atoms with van der Waals surface area (Å²) in [5, 5.41) is 23.6. The summed E-state index contributed by atoms with van der Waals surface area (Å²) in [6, 6.07) is -0.753. The van der Waals surface area contributed by atoms with E-state index in [4.69, 9.17) is 4.74 Å². The lowest BCUT2D eigenvalue weighted by molar-refractivity contribution is -0.150. The molecule has 0 aliphatic carbocycles. The molecule has 3 unspecified atom stereocenters. The summed E-state index contributed by atoms with van der Waals surface area (Å²) in [7, 11) is 0. The number of ether oxygens (including phenoxy) is 1. The van der Waals surface area contributed by atoms with Crippen molar-refractivity contribution in [2.75, 3.05) is 6.61 Å². The highest BCUT2D eigenvalue weighted by molar-refractivity contribution is 5.77. The van der Waals surface area contributed by atoms with Gasteiger partial charge < -0.3 is 20.3 Å². The number of hydrogen-bond acceptors (Lipinski definition) is 5. The minimum atomic E-state index is -0.830. The quantitative estimate of drug-likeness (QED) is 0.0327. The van der Waals surface area contributed by atoms with Crippen molar-refractivity contribution in [1.29, 1.82) is 0 Å². The molecule has 58 heavy (non-hydrogen) atoms. The lowest BCUT2D eigenvalue weighted by atomic mass is 10.0. The predicted molar refractivity (Wildman–Crippen MR) is 250 cm³/mol. The van der Waals surface area contributed by atoms with Crippen LogP contribution in [0.4, 0.5) is 0 Å². The molecule has 0 saturated carbocycles. The van der Waals surface area contributed by atoms with E-state index in [0.717, 1.165) is 57.8 Å². The Labute approximate surface area is 356 Å². The van der Waals surface area contributed by atoms with Gasteiger partial charge in [0.25, 0.3) is 0 Å². The third kappa shape index (κ3) is 39.4. The number of unbranched alkanes of at least 4 members (excludes halogenated alkanes) is 17. The maximum absolute atomic E-state index is 13.1. The van der Waals surface area contributed by atoms with Crippen LogP contribution in [-0.4, -0.2) is 46.9 Å². The van der Waals surface area contributed by atoms with Gasteiger partial charge in [0.1, 0.15) is 6.10 Å². The molecule has 0 rings (SSSR count). The number of rotatable bonds is 39. The summed E-state index contributed by atoms with van der Waals surface area (Å²) in [4.78, 5) is 25.9. The summed E-state index contributed by atoms with van der Waals surface area (Å²) < 4.78 is 5.79. The Kier molecular flexibility index (Phi) is 41.9. The molecular formula is C52H85NO5. The molecule has 6 nitrogen and oxygen atoms in total. The van der Waals surface area contributed by atoms with Crippen molar-refractivity contribution in [3.8, 4) is 0 Å². The standard InChI is InChI=1S/C52H85NO5/c1-4-7-10-13-16-19-22-24-25-27-29-32-35-38-41-44-50(55)49(47-54)53-51(56)46-48(43-40-37-34-31-28-21-18-15-12-9-6-3)58-52(57)45-42-39-36-33-30-26-23-20-17-14-11-8-5-2/h8-9,11-12,14-15,17-18,20-21,23,26,28,30-31,34,37,40,48-50,54-55H,4-7,10,13,16,19,22,24-25,27,29,32-33,35-36,38-39,41-47H2,1-3H3,(H,53,56)/b11-8+,12-9+,17-14+,18-15+,23-20-,28-21-,30-26-,34-31-,40-37+. The molecule has 0 aromatic rings. The van der Waals surface area contributed by atoms with Gasteiger partial charge in [0.05, 0.1) is 25.2 Å². The number of hydrogen-bond donors (Lipinski definition) is 3. The smallest absolute Gasteiger partial charge is 0.306 e. The van der Waals surface area contributed by atoms with Crippen molar-refractivity contribution in [3.05, 3.63) is 109 Å². The van der Waals surface area contributed by atoms with Gasteiger partial charge in [0.15, 0.2) is 0 Å². The van der Waals surface area contributed by atoms with Crippen LogP contribution in [0.25, 0.3) is 0 Å². The molecule has 0 spiro atoms. The van der Waals surface area contributed by atoms with E-state index in [0.29, 0.717) is 19.3 Å². The number of carbonyl (C=O) groups excluding carboxylic acids is 2. The Bertz CT molecular complexity index is 1220. The van der Waals surface area contributed by atoms with E-state index in [2.05, 4.69) is 44.3 Å². The minimum absolute atomic E-state index is 0.0413. The number of esters is 1. The van der Waals surface area contributed by atoms with E-state index >= 15 is 0 Å². The molecule has 3 atom stereocenters. The zero-order valence-electron chi connectivity index (χ0n) is 37.1. The molecule has 0 saturated heterocycles. The van der Waals surface area contributed by atoms with Crippen molar-refractivity contribution in [1.82, 2.24) is 5.32 Å². The van der Waals surface area contributed by atoms with E-state index in [-0.39, 0.29) is 24.9 Å². The topological polar surface area (TPSA) is 95.9 Å². The van der Waals surface area contributed by atoms with Crippen LogP contribution in [-0.2, 0) is 14.3 Å². The van der Waals surface area contributed by atoms with Gasteiger partial charge in [-0.1, -0.05) is 233 Å². The number of aliphatic hydroxyl groups excluding tert-OH is 2. The number of amides is 1. The summed E-state index contributed by atoms with van der Waals surface area (Å²) in [5.41, 5.74) is 0. The van der Waals surface area contributed by atoms with Crippen molar-refractivity contribution < 1.29 is 24.5 Å². The molecular weight excluding hydrogens is 719 g/mol. The van der Waals surface area contributed by atoms with Crippen molar-refractivity contribution in [2.45, 2.75) is 200 Å². The summed E-state index contributed by atoms with van der Waals surface area (Å²) in [6.07, 6.45) is 60.3. The molecule has 0 aromatic heterocycles. The molecule has 0 radical (unpaired) electrons. The Morgan fingerprint density at radius 3 is 1.45 bits per heavy atom. The monoisotopic (exact) mass is 804 g/mol. The van der Waals surface area contributed by atoms with Crippen molar-refractivity contribution in [3.63, 3.8) is 0 Å². The molecule has 0 heterocycles. The number of carbonyl (C=O) groups is 2. The third-order valence-corrected chi connectivity index (χ3v) is 9.82. The van der Waals surface area contributed by atoms with Crippen molar-refractivity contribution in [2.24, 2.45) is 0 Å². The van der Waals surface area contributed by atoms with Crippen LogP contribution in [0.15, 0.2) is 109 Å². The maximum atomic E-state index is 13.1. The van der Waals surface area contributed by atoms with E-state index in [9.17, 15) is 19.8 Å². The van der Waals surface area contributed by atoms with Gasteiger partial charge in [-0.05, 0) is 38.5 Å². The first kappa shape index (κ1) is 54.5. The number of allylic oxidation sites excluding steroid dienone is 17. The predicted octanol–water partition coefficient (Wildman–Crippen LogP) is 13.6. The van der Waals surface area contributed by atoms with Gasteiger partial charge in [-0.15, -0.1) is 0 Å². The second-order valence-corrected chi connectivity index (χ2v) is 15.3. The summed E-state index contributed by atoms with van der Waals surface area (Å²) in [6.45, 7) is 6.12. The molecule has 1 amide bonds. The fourth-order valence-electron chi connectivity index (χ4n) is 6.34. The summed E-state index contributed by atoms with van der Waals surface area (Å²) >= 11 is 0. The zero-order valence-corrected chi connectivity index (χ0v) is 37.1. The lowest BCUT2D eigenvalue weighted by Gasteiger charge is -2.24. The van der Waals surface area contributed by atoms with Crippen molar-refractivity contribution >= 4 is 11.9 Å². The first-order valence-electron chi connectivity index (χ1n) is 23.2. The summed E-state index contributed by atoms with van der Waals surface area (Å²) in [5.74, 6) is -0.667. The van der Waals surface area contributed by atoms with Crippen LogP contribution in [0.1, 0.15) is 181 Å². The second-order valence-electron chi connectivity index (χ2n) is 15.3. The highest BCUT2D eigenvalue weighted by Crippen LogP contribution is 2.16. The van der Waals surface area contributed by atoms with E-state index < -0.39 is 18.2 Å². The second kappa shape index (κ2) is 44.6. The first-order valence-corrected chi connectivity index (χ1v) is 23.2. The van der Waals surface area contributed by atoms with Gasteiger partial charge in [0, 0.05) is 12.8 Å². The molecule has 0 aliphatic heterocycles. The van der Waals surface area contributed by atoms with Crippen LogP contribution in [0, 0.1) is 0 Å². The van der Waals surface area contributed by atoms with E-state index in [1.54, 1.807) is 0 Å². The molecule has 0 aliphatic rings. The number of aliphatic hydroxyl groups is 2. The fraction of sp³-hybridized carbons (Fsp3) is 0.615. The molecule has 0 bridgehead atoms. The maximum Gasteiger partial charge on any atom is 0.306 e. The molecule has 0 aromatic carbocycles. The number of nitrogens with one attached hydrogen (secondary N) is 1. The first-order chi connectivity index (χ1) is 28.5. The zero-order chi connectivity index (χ0) is 42.4. The molecule has 6 heteroatoms.